The lowest BCUT2D eigenvalue weighted by Gasteiger charge is -2.16. The maximum absolute atomic E-state index is 12.8. The number of amides is 1. The van der Waals surface area contributed by atoms with E-state index < -0.39 is 23.6 Å². The van der Waals surface area contributed by atoms with Crippen LogP contribution in [0.15, 0.2) is 42.5 Å². The molecule has 6 heteroatoms. The first-order valence-electron chi connectivity index (χ1n) is 8.34. The van der Waals surface area contributed by atoms with Gasteiger partial charge in [-0.25, -0.2) is 0 Å². The fourth-order valence-corrected chi connectivity index (χ4v) is 2.77. The van der Waals surface area contributed by atoms with Crippen LogP contribution in [0.2, 0.25) is 5.02 Å². The smallest absolute Gasteiger partial charge is 0.324 e. The summed E-state index contributed by atoms with van der Waals surface area (Å²) in [6.07, 6.45) is -3.55. The third-order valence-electron chi connectivity index (χ3n) is 4.07. The number of alkyl halides is 3. The van der Waals surface area contributed by atoms with Crippen molar-refractivity contribution in [3.63, 3.8) is 0 Å². The molecular weight excluding hydrogens is 363 g/mol. The van der Waals surface area contributed by atoms with Crippen molar-refractivity contribution in [1.29, 1.82) is 0 Å². The quantitative estimate of drug-likeness (QED) is 0.645. The van der Waals surface area contributed by atoms with Gasteiger partial charge in [0, 0.05) is 0 Å². The molecule has 0 aromatic heterocycles. The zero-order chi connectivity index (χ0) is 19.5. The maximum Gasteiger partial charge on any atom is 0.416 e. The molecule has 0 bridgehead atoms. The average Bonchev–Trinajstić information content (AvgIpc) is 2.55. The third-order valence-corrected chi connectivity index (χ3v) is 4.40. The maximum atomic E-state index is 12.8. The lowest BCUT2D eigenvalue weighted by atomic mass is 9.96. The normalized spacial score (nSPS) is 12.9. The molecule has 2 rings (SSSR count). The highest BCUT2D eigenvalue weighted by molar-refractivity contribution is 6.33. The molecule has 0 fully saturated rings. The minimum Gasteiger partial charge on any atom is -0.324 e. The Labute approximate surface area is 156 Å². The highest BCUT2D eigenvalue weighted by Gasteiger charge is 2.31. The van der Waals surface area contributed by atoms with Gasteiger partial charge in [0.15, 0.2) is 0 Å². The topological polar surface area (TPSA) is 29.1 Å². The lowest BCUT2D eigenvalue weighted by molar-refractivity contribution is -0.137. The number of hydrogen-bond donors (Lipinski definition) is 1. The molecule has 0 spiro atoms. The summed E-state index contributed by atoms with van der Waals surface area (Å²) in [5.41, 5.74) is 1.06. The Morgan fingerprint density at radius 3 is 2.23 bits per heavy atom. The second-order valence-corrected chi connectivity index (χ2v) is 7.15. The summed E-state index contributed by atoms with van der Waals surface area (Å²) in [5, 5.41) is 2.56. The Morgan fingerprint density at radius 2 is 1.69 bits per heavy atom. The van der Waals surface area contributed by atoms with Crippen LogP contribution in [-0.2, 0) is 17.4 Å². The number of carbonyl (C=O) groups is 1. The van der Waals surface area contributed by atoms with Crippen LogP contribution in [0, 0.1) is 5.92 Å². The molecule has 2 aromatic rings. The molecule has 0 aliphatic rings. The van der Waals surface area contributed by atoms with Crippen molar-refractivity contribution in [2.24, 2.45) is 5.92 Å². The van der Waals surface area contributed by atoms with Crippen LogP contribution in [-0.4, -0.2) is 5.91 Å². The van der Waals surface area contributed by atoms with Crippen LogP contribution in [0.3, 0.4) is 0 Å². The minimum absolute atomic E-state index is 0.0465. The summed E-state index contributed by atoms with van der Waals surface area (Å²) in [5.74, 6) is -0.402. The molecule has 1 amide bonds. The molecular formula is C20H21ClF3NO. The number of anilines is 1. The monoisotopic (exact) mass is 383 g/mol. The van der Waals surface area contributed by atoms with Gasteiger partial charge in [0.25, 0.3) is 0 Å². The summed E-state index contributed by atoms with van der Waals surface area (Å²) in [4.78, 5) is 12.4. The molecule has 26 heavy (non-hydrogen) atoms. The summed E-state index contributed by atoms with van der Waals surface area (Å²) < 4.78 is 38.5. The van der Waals surface area contributed by atoms with E-state index in [1.54, 1.807) is 6.92 Å². The molecule has 140 valence electrons. The standard InChI is InChI=1S/C20H21ClF3NO/c1-12(2)10-14-4-6-15(7-5-14)13(3)19(26)25-18-11-16(20(22,23)24)8-9-17(18)21/h4-9,11-13H,10H2,1-3H3,(H,25,26). The van der Waals surface area contributed by atoms with Crippen molar-refractivity contribution in [1.82, 2.24) is 0 Å². The number of hydrogen-bond acceptors (Lipinski definition) is 1. The Morgan fingerprint density at radius 1 is 1.08 bits per heavy atom. The third kappa shape index (κ3) is 5.24. The second kappa shape index (κ2) is 8.12. The van der Waals surface area contributed by atoms with Gasteiger partial charge in [-0.15, -0.1) is 0 Å². The van der Waals surface area contributed by atoms with Crippen molar-refractivity contribution in [3.8, 4) is 0 Å². The van der Waals surface area contributed by atoms with Crippen molar-refractivity contribution >= 4 is 23.2 Å². The summed E-state index contributed by atoms with van der Waals surface area (Å²) in [6.45, 7) is 5.96. The van der Waals surface area contributed by atoms with Gasteiger partial charge in [0.2, 0.25) is 5.91 Å². The zero-order valence-corrected chi connectivity index (χ0v) is 15.6. The minimum atomic E-state index is -4.50. The zero-order valence-electron chi connectivity index (χ0n) is 14.8. The van der Waals surface area contributed by atoms with Crippen LogP contribution in [0.1, 0.15) is 43.4 Å². The van der Waals surface area contributed by atoms with E-state index in [1.165, 1.54) is 5.56 Å². The predicted molar refractivity (Wildman–Crippen MR) is 98.5 cm³/mol. The fraction of sp³-hybridized carbons (Fsp3) is 0.350. The highest BCUT2D eigenvalue weighted by Crippen LogP contribution is 2.34. The van der Waals surface area contributed by atoms with E-state index in [-0.39, 0.29) is 10.7 Å². The molecule has 1 N–H and O–H groups in total. The summed E-state index contributed by atoms with van der Waals surface area (Å²) in [7, 11) is 0. The van der Waals surface area contributed by atoms with E-state index in [1.807, 2.05) is 24.3 Å². The van der Waals surface area contributed by atoms with Crippen molar-refractivity contribution in [2.45, 2.75) is 39.3 Å². The van der Waals surface area contributed by atoms with Gasteiger partial charge < -0.3 is 5.32 Å². The molecule has 0 saturated heterocycles. The van der Waals surface area contributed by atoms with Gasteiger partial charge in [0.05, 0.1) is 22.2 Å². The molecule has 0 heterocycles. The summed E-state index contributed by atoms with van der Waals surface area (Å²) >= 11 is 5.93. The van der Waals surface area contributed by atoms with Gasteiger partial charge in [-0.1, -0.05) is 49.7 Å². The highest BCUT2D eigenvalue weighted by atomic mass is 35.5. The second-order valence-electron chi connectivity index (χ2n) is 6.74. The van der Waals surface area contributed by atoms with Crippen LogP contribution >= 0.6 is 11.6 Å². The van der Waals surface area contributed by atoms with Gasteiger partial charge in [-0.3, -0.25) is 4.79 Å². The van der Waals surface area contributed by atoms with E-state index in [2.05, 4.69) is 19.2 Å². The first-order chi connectivity index (χ1) is 12.1. The van der Waals surface area contributed by atoms with E-state index >= 15 is 0 Å². The number of nitrogens with one attached hydrogen (secondary N) is 1. The SMILES string of the molecule is CC(C)Cc1ccc(C(C)C(=O)Nc2cc(C(F)(F)F)ccc2Cl)cc1. The molecule has 0 aliphatic heterocycles. The molecule has 0 aliphatic carbocycles. The molecule has 2 nitrogen and oxygen atoms in total. The van der Waals surface area contributed by atoms with Gasteiger partial charge >= 0.3 is 6.18 Å². The Balaban J connectivity index is 2.14. The van der Waals surface area contributed by atoms with Crippen LogP contribution in [0.5, 0.6) is 0 Å². The number of benzene rings is 2. The van der Waals surface area contributed by atoms with Gasteiger partial charge in [0.1, 0.15) is 0 Å². The van der Waals surface area contributed by atoms with E-state index in [0.717, 1.165) is 30.2 Å². The van der Waals surface area contributed by atoms with Crippen LogP contribution < -0.4 is 5.32 Å². The summed E-state index contributed by atoms with van der Waals surface area (Å²) in [6, 6.07) is 10.5. The average molecular weight is 384 g/mol. The van der Waals surface area contributed by atoms with Crippen LogP contribution in [0.4, 0.5) is 18.9 Å². The van der Waals surface area contributed by atoms with Crippen molar-refractivity contribution < 1.29 is 18.0 Å². The predicted octanol–water partition coefficient (Wildman–Crippen LogP) is 6.30. The van der Waals surface area contributed by atoms with E-state index in [9.17, 15) is 18.0 Å². The van der Waals surface area contributed by atoms with E-state index in [4.69, 9.17) is 11.6 Å². The van der Waals surface area contributed by atoms with Crippen molar-refractivity contribution in [2.75, 3.05) is 5.32 Å². The molecule has 1 unspecified atom stereocenters. The molecule has 1 atom stereocenters. The van der Waals surface area contributed by atoms with Crippen molar-refractivity contribution in [3.05, 3.63) is 64.2 Å². The first-order valence-corrected chi connectivity index (χ1v) is 8.72. The first kappa shape index (κ1) is 20.3. The van der Waals surface area contributed by atoms with Crippen LogP contribution in [0.25, 0.3) is 0 Å². The Kier molecular flexibility index (Phi) is 6.34. The molecule has 2 aromatic carbocycles. The Bertz CT molecular complexity index is 770. The van der Waals surface area contributed by atoms with Gasteiger partial charge in [-0.05, 0) is 48.6 Å². The number of halogens is 4. The molecule has 0 radical (unpaired) electrons. The number of rotatable bonds is 5. The molecule has 0 saturated carbocycles. The number of carbonyl (C=O) groups excluding carboxylic acids is 1. The lowest BCUT2D eigenvalue weighted by Crippen LogP contribution is -2.19. The van der Waals surface area contributed by atoms with E-state index in [0.29, 0.717) is 5.92 Å². The Hall–Kier alpha value is -2.01. The van der Waals surface area contributed by atoms with Gasteiger partial charge in [-0.2, -0.15) is 13.2 Å². The largest absolute Gasteiger partial charge is 0.416 e. The fourth-order valence-electron chi connectivity index (χ4n) is 2.60.